The summed E-state index contributed by atoms with van der Waals surface area (Å²) in [6.45, 7) is 4.55. The number of nitrogens with zero attached hydrogens (tertiary/aromatic N) is 1. The number of halogens is 1. The molecule has 0 radical (unpaired) electrons. The summed E-state index contributed by atoms with van der Waals surface area (Å²) in [5.41, 5.74) is 0.273. The van der Waals surface area contributed by atoms with E-state index in [9.17, 15) is 14.0 Å². The Hall–Kier alpha value is -1.91. The van der Waals surface area contributed by atoms with Crippen LogP contribution in [-0.4, -0.2) is 37.0 Å². The van der Waals surface area contributed by atoms with Crippen LogP contribution in [-0.2, 0) is 19.7 Å². The lowest BCUT2D eigenvalue weighted by atomic mass is 9.77. The molecule has 2 rings (SSSR count). The lowest BCUT2D eigenvalue weighted by molar-refractivity contribution is -0.147. The highest BCUT2D eigenvalue weighted by Crippen LogP contribution is 2.42. The van der Waals surface area contributed by atoms with Crippen LogP contribution in [0.1, 0.15) is 45.1 Å². The van der Waals surface area contributed by atoms with E-state index in [1.54, 1.807) is 24.0 Å². The minimum Gasteiger partial charge on any atom is -0.469 e. The van der Waals surface area contributed by atoms with Gasteiger partial charge in [-0.15, -0.1) is 0 Å². The van der Waals surface area contributed by atoms with E-state index >= 15 is 0 Å². The SMILES string of the molecule is CCN(CC(C)C(=O)OC)C(=O)C1(c2ccc(F)cc2)CCCC1. The molecule has 1 unspecified atom stereocenters. The third kappa shape index (κ3) is 3.60. The molecule has 1 fully saturated rings. The van der Waals surface area contributed by atoms with Crippen LogP contribution in [0.4, 0.5) is 4.39 Å². The standard InChI is InChI=1S/C19H26FNO3/c1-4-21(13-14(2)17(22)24-3)18(23)19(11-5-6-12-19)15-7-9-16(20)10-8-15/h7-10,14H,4-6,11-13H2,1-3H3. The van der Waals surface area contributed by atoms with Crippen LogP contribution >= 0.6 is 0 Å². The Bertz CT molecular complexity index is 579. The number of esters is 1. The van der Waals surface area contributed by atoms with Crippen molar-refractivity contribution in [1.82, 2.24) is 4.90 Å². The summed E-state index contributed by atoms with van der Waals surface area (Å²) >= 11 is 0. The number of rotatable bonds is 6. The van der Waals surface area contributed by atoms with Crippen molar-refractivity contribution < 1.29 is 18.7 Å². The molecule has 132 valence electrons. The fourth-order valence-corrected chi connectivity index (χ4v) is 3.64. The maximum atomic E-state index is 13.3. The predicted molar refractivity (Wildman–Crippen MR) is 90.0 cm³/mol. The van der Waals surface area contributed by atoms with Gasteiger partial charge in [0.2, 0.25) is 5.91 Å². The number of carbonyl (C=O) groups is 2. The van der Waals surface area contributed by atoms with Crippen molar-refractivity contribution in [3.8, 4) is 0 Å². The Balaban J connectivity index is 2.27. The van der Waals surface area contributed by atoms with Gasteiger partial charge >= 0.3 is 5.97 Å². The zero-order chi connectivity index (χ0) is 17.7. The quantitative estimate of drug-likeness (QED) is 0.750. The Labute approximate surface area is 143 Å². The van der Waals surface area contributed by atoms with Gasteiger partial charge in [-0.25, -0.2) is 4.39 Å². The lowest BCUT2D eigenvalue weighted by Gasteiger charge is -2.35. The van der Waals surface area contributed by atoms with Crippen molar-refractivity contribution in [3.63, 3.8) is 0 Å². The van der Waals surface area contributed by atoms with Crippen LogP contribution in [0.5, 0.6) is 0 Å². The van der Waals surface area contributed by atoms with Crippen LogP contribution < -0.4 is 0 Å². The van der Waals surface area contributed by atoms with Gasteiger partial charge < -0.3 is 9.64 Å². The van der Waals surface area contributed by atoms with Gasteiger partial charge in [0.1, 0.15) is 5.82 Å². The molecule has 4 nitrogen and oxygen atoms in total. The van der Waals surface area contributed by atoms with E-state index in [0.717, 1.165) is 31.2 Å². The number of ether oxygens (including phenoxy) is 1. The minimum absolute atomic E-state index is 0.0323. The topological polar surface area (TPSA) is 46.6 Å². The Morgan fingerprint density at radius 2 is 1.83 bits per heavy atom. The van der Waals surface area contributed by atoms with Gasteiger partial charge in [0.15, 0.2) is 0 Å². The van der Waals surface area contributed by atoms with Gasteiger partial charge in [-0.1, -0.05) is 31.9 Å². The number of hydrogen-bond donors (Lipinski definition) is 0. The van der Waals surface area contributed by atoms with E-state index in [-0.39, 0.29) is 23.6 Å². The second-order valence-electron chi connectivity index (χ2n) is 6.56. The van der Waals surface area contributed by atoms with Crippen molar-refractivity contribution in [2.24, 2.45) is 5.92 Å². The number of likely N-dealkylation sites (N-methyl/N-ethyl adjacent to an activating group) is 1. The molecule has 1 aliphatic rings. The number of benzene rings is 1. The molecule has 0 spiro atoms. The fraction of sp³-hybridized carbons (Fsp3) is 0.579. The summed E-state index contributed by atoms with van der Waals surface area (Å²) < 4.78 is 18.0. The summed E-state index contributed by atoms with van der Waals surface area (Å²) in [5, 5.41) is 0. The first-order chi connectivity index (χ1) is 11.4. The summed E-state index contributed by atoms with van der Waals surface area (Å²) in [4.78, 5) is 26.7. The first-order valence-electron chi connectivity index (χ1n) is 8.58. The molecule has 0 saturated heterocycles. The molecule has 1 saturated carbocycles. The van der Waals surface area contributed by atoms with E-state index in [0.29, 0.717) is 13.1 Å². The largest absolute Gasteiger partial charge is 0.469 e. The molecule has 0 bridgehead atoms. The highest BCUT2D eigenvalue weighted by atomic mass is 19.1. The molecular formula is C19H26FNO3. The third-order valence-corrected chi connectivity index (χ3v) is 5.03. The molecule has 1 amide bonds. The first-order valence-corrected chi connectivity index (χ1v) is 8.58. The Morgan fingerprint density at radius 3 is 2.33 bits per heavy atom. The molecule has 5 heteroatoms. The average Bonchev–Trinajstić information content (AvgIpc) is 3.09. The summed E-state index contributed by atoms with van der Waals surface area (Å²) in [7, 11) is 1.36. The molecule has 24 heavy (non-hydrogen) atoms. The smallest absolute Gasteiger partial charge is 0.310 e. The highest BCUT2D eigenvalue weighted by Gasteiger charge is 2.45. The molecule has 1 aliphatic carbocycles. The molecule has 0 N–H and O–H groups in total. The van der Waals surface area contributed by atoms with E-state index in [4.69, 9.17) is 4.74 Å². The van der Waals surface area contributed by atoms with Crippen molar-refractivity contribution in [3.05, 3.63) is 35.6 Å². The summed E-state index contributed by atoms with van der Waals surface area (Å²) in [5.74, 6) is -0.954. The van der Waals surface area contributed by atoms with E-state index in [1.807, 2.05) is 6.92 Å². The minimum atomic E-state index is -0.598. The highest BCUT2D eigenvalue weighted by molar-refractivity contribution is 5.89. The average molecular weight is 335 g/mol. The van der Waals surface area contributed by atoms with Crippen LogP contribution in [0.15, 0.2) is 24.3 Å². The number of methoxy groups -OCH3 is 1. The van der Waals surface area contributed by atoms with Gasteiger partial charge in [-0.3, -0.25) is 9.59 Å². The van der Waals surface area contributed by atoms with Crippen molar-refractivity contribution >= 4 is 11.9 Å². The van der Waals surface area contributed by atoms with E-state index in [1.165, 1.54) is 19.2 Å². The predicted octanol–water partition coefficient (Wildman–Crippen LogP) is 3.30. The van der Waals surface area contributed by atoms with Crippen molar-refractivity contribution in [1.29, 1.82) is 0 Å². The molecule has 0 aromatic heterocycles. The normalized spacial score (nSPS) is 17.3. The molecule has 1 aromatic rings. The van der Waals surface area contributed by atoms with Crippen LogP contribution in [0.2, 0.25) is 0 Å². The van der Waals surface area contributed by atoms with Crippen LogP contribution in [0.3, 0.4) is 0 Å². The molecule has 0 aliphatic heterocycles. The number of carbonyl (C=O) groups excluding carboxylic acids is 2. The summed E-state index contributed by atoms with van der Waals surface area (Å²) in [6.07, 6.45) is 3.49. The van der Waals surface area contributed by atoms with Gasteiger partial charge in [0, 0.05) is 13.1 Å². The van der Waals surface area contributed by atoms with E-state index in [2.05, 4.69) is 0 Å². The lowest BCUT2D eigenvalue weighted by Crippen LogP contribution is -2.47. The maximum absolute atomic E-state index is 13.3. The monoisotopic (exact) mass is 335 g/mol. The van der Waals surface area contributed by atoms with Crippen LogP contribution in [0, 0.1) is 11.7 Å². The van der Waals surface area contributed by atoms with E-state index < -0.39 is 5.41 Å². The second-order valence-corrected chi connectivity index (χ2v) is 6.56. The molecule has 1 aromatic carbocycles. The van der Waals surface area contributed by atoms with Crippen molar-refractivity contribution in [2.45, 2.75) is 44.9 Å². The van der Waals surface area contributed by atoms with Gasteiger partial charge in [-0.2, -0.15) is 0 Å². The zero-order valence-corrected chi connectivity index (χ0v) is 14.7. The second kappa shape index (κ2) is 7.77. The third-order valence-electron chi connectivity index (χ3n) is 5.03. The first kappa shape index (κ1) is 18.4. The van der Waals surface area contributed by atoms with Crippen LogP contribution in [0.25, 0.3) is 0 Å². The number of amides is 1. The number of hydrogen-bond acceptors (Lipinski definition) is 3. The zero-order valence-electron chi connectivity index (χ0n) is 14.7. The Morgan fingerprint density at radius 1 is 1.25 bits per heavy atom. The maximum Gasteiger partial charge on any atom is 0.310 e. The summed E-state index contributed by atoms with van der Waals surface area (Å²) in [6, 6.07) is 6.26. The molecule has 0 heterocycles. The molecule has 1 atom stereocenters. The Kier molecular flexibility index (Phi) is 5.97. The van der Waals surface area contributed by atoms with Gasteiger partial charge in [0.05, 0.1) is 18.4 Å². The van der Waals surface area contributed by atoms with Crippen molar-refractivity contribution in [2.75, 3.05) is 20.2 Å². The van der Waals surface area contributed by atoms with Gasteiger partial charge in [-0.05, 0) is 37.5 Å². The fourth-order valence-electron chi connectivity index (χ4n) is 3.64. The molecular weight excluding hydrogens is 309 g/mol. The van der Waals surface area contributed by atoms with Gasteiger partial charge in [0.25, 0.3) is 0 Å².